The highest BCUT2D eigenvalue weighted by molar-refractivity contribution is 5.93. The van der Waals surface area contributed by atoms with Gasteiger partial charge in [0.1, 0.15) is 5.56 Å². The Morgan fingerprint density at radius 2 is 2.10 bits per heavy atom. The lowest BCUT2D eigenvalue weighted by Crippen LogP contribution is -2.31. The van der Waals surface area contributed by atoms with E-state index >= 15 is 0 Å². The van der Waals surface area contributed by atoms with Crippen LogP contribution in [0.1, 0.15) is 17.3 Å². The van der Waals surface area contributed by atoms with Gasteiger partial charge in [0.25, 0.3) is 5.69 Å². The van der Waals surface area contributed by atoms with Crippen LogP contribution in [0.15, 0.2) is 18.2 Å². The van der Waals surface area contributed by atoms with E-state index in [0.717, 1.165) is 12.1 Å². The Morgan fingerprint density at radius 1 is 1.45 bits per heavy atom. The number of nitro groups is 1. The van der Waals surface area contributed by atoms with Crippen molar-refractivity contribution in [2.24, 2.45) is 0 Å². The van der Waals surface area contributed by atoms with Crippen molar-refractivity contribution in [3.63, 3.8) is 0 Å². The standard InChI is InChI=1S/C12H15N3O5/c1-3-14(2)11(16)7-13-8-4-5-9(12(17)18)10(6-8)15(19)20/h4-6,13H,3,7H2,1-2H3,(H,17,18). The van der Waals surface area contributed by atoms with Crippen molar-refractivity contribution < 1.29 is 19.6 Å². The summed E-state index contributed by atoms with van der Waals surface area (Å²) in [5.74, 6) is -1.54. The van der Waals surface area contributed by atoms with Crippen molar-refractivity contribution in [3.8, 4) is 0 Å². The van der Waals surface area contributed by atoms with Gasteiger partial charge in [-0.25, -0.2) is 4.79 Å². The van der Waals surface area contributed by atoms with E-state index in [1.165, 1.54) is 11.0 Å². The molecule has 0 aliphatic carbocycles. The molecule has 20 heavy (non-hydrogen) atoms. The summed E-state index contributed by atoms with van der Waals surface area (Å²) >= 11 is 0. The number of carbonyl (C=O) groups excluding carboxylic acids is 1. The van der Waals surface area contributed by atoms with Crippen molar-refractivity contribution in [2.75, 3.05) is 25.5 Å². The van der Waals surface area contributed by atoms with Gasteiger partial charge in [-0.05, 0) is 19.1 Å². The third kappa shape index (κ3) is 3.67. The monoisotopic (exact) mass is 281 g/mol. The summed E-state index contributed by atoms with van der Waals surface area (Å²) in [4.78, 5) is 34.0. The SMILES string of the molecule is CCN(C)C(=O)CNc1ccc(C(=O)O)c([N+](=O)[O-])c1. The van der Waals surface area contributed by atoms with Gasteiger partial charge in [0, 0.05) is 25.3 Å². The van der Waals surface area contributed by atoms with Gasteiger partial charge in [-0.2, -0.15) is 0 Å². The van der Waals surface area contributed by atoms with Gasteiger partial charge in [-0.15, -0.1) is 0 Å². The number of nitro benzene ring substituents is 1. The number of hydrogen-bond acceptors (Lipinski definition) is 5. The number of rotatable bonds is 6. The number of hydrogen-bond donors (Lipinski definition) is 2. The van der Waals surface area contributed by atoms with Gasteiger partial charge >= 0.3 is 5.97 Å². The van der Waals surface area contributed by atoms with Crippen molar-refractivity contribution >= 4 is 23.3 Å². The molecule has 8 heteroatoms. The molecule has 2 N–H and O–H groups in total. The number of carbonyl (C=O) groups is 2. The molecule has 0 fully saturated rings. The highest BCUT2D eigenvalue weighted by Crippen LogP contribution is 2.23. The van der Waals surface area contributed by atoms with E-state index in [0.29, 0.717) is 12.2 Å². The molecule has 0 saturated carbocycles. The third-order valence-electron chi connectivity index (χ3n) is 2.77. The molecule has 0 radical (unpaired) electrons. The van der Waals surface area contributed by atoms with Crippen LogP contribution in [0.3, 0.4) is 0 Å². The van der Waals surface area contributed by atoms with Gasteiger partial charge in [0.05, 0.1) is 11.5 Å². The van der Waals surface area contributed by atoms with E-state index in [9.17, 15) is 19.7 Å². The Balaban J connectivity index is 2.88. The summed E-state index contributed by atoms with van der Waals surface area (Å²) in [6, 6.07) is 3.62. The highest BCUT2D eigenvalue weighted by atomic mass is 16.6. The van der Waals surface area contributed by atoms with Gasteiger partial charge in [0.15, 0.2) is 0 Å². The fourth-order valence-corrected chi connectivity index (χ4v) is 1.46. The molecule has 0 unspecified atom stereocenters. The van der Waals surface area contributed by atoms with E-state index < -0.39 is 22.1 Å². The lowest BCUT2D eigenvalue weighted by atomic mass is 10.1. The molecule has 0 atom stereocenters. The number of carboxylic acid groups (broad SMARTS) is 1. The van der Waals surface area contributed by atoms with Crippen LogP contribution in [-0.2, 0) is 4.79 Å². The Morgan fingerprint density at radius 3 is 2.60 bits per heavy atom. The lowest BCUT2D eigenvalue weighted by molar-refractivity contribution is -0.385. The molecule has 0 aromatic heterocycles. The van der Waals surface area contributed by atoms with Crippen LogP contribution < -0.4 is 5.32 Å². The smallest absolute Gasteiger partial charge is 0.342 e. The van der Waals surface area contributed by atoms with Crippen LogP contribution in [0.5, 0.6) is 0 Å². The first-order valence-electron chi connectivity index (χ1n) is 5.86. The number of amides is 1. The molecule has 0 heterocycles. The average Bonchev–Trinajstić information content (AvgIpc) is 2.43. The van der Waals surface area contributed by atoms with Crippen molar-refractivity contribution in [2.45, 2.75) is 6.92 Å². The number of benzene rings is 1. The summed E-state index contributed by atoms with van der Waals surface area (Å²) in [6.07, 6.45) is 0. The first kappa shape index (κ1) is 15.4. The Labute approximate surface area is 115 Å². The number of carboxylic acids is 1. The fraction of sp³-hybridized carbons (Fsp3) is 0.333. The van der Waals surface area contributed by atoms with Crippen LogP contribution >= 0.6 is 0 Å². The molecule has 0 aliphatic heterocycles. The second-order valence-electron chi connectivity index (χ2n) is 4.06. The molecular weight excluding hydrogens is 266 g/mol. The van der Waals surface area contributed by atoms with E-state index in [1.54, 1.807) is 7.05 Å². The summed E-state index contributed by atoms with van der Waals surface area (Å²) in [5, 5.41) is 22.4. The molecular formula is C12H15N3O5. The number of nitrogens with one attached hydrogen (secondary N) is 1. The van der Waals surface area contributed by atoms with Crippen LogP contribution in [0.25, 0.3) is 0 Å². The molecule has 1 rings (SSSR count). The average molecular weight is 281 g/mol. The molecule has 0 aliphatic rings. The minimum Gasteiger partial charge on any atom is -0.477 e. The molecule has 1 amide bonds. The van der Waals surface area contributed by atoms with Crippen LogP contribution in [0.2, 0.25) is 0 Å². The second-order valence-corrected chi connectivity index (χ2v) is 4.06. The normalized spacial score (nSPS) is 9.90. The largest absolute Gasteiger partial charge is 0.477 e. The minimum atomic E-state index is -1.37. The fourth-order valence-electron chi connectivity index (χ4n) is 1.46. The van der Waals surface area contributed by atoms with Crippen LogP contribution in [-0.4, -0.2) is 46.9 Å². The second kappa shape index (κ2) is 6.50. The van der Waals surface area contributed by atoms with Crippen molar-refractivity contribution in [1.82, 2.24) is 4.90 Å². The molecule has 8 nitrogen and oxygen atoms in total. The first-order chi connectivity index (χ1) is 9.36. The van der Waals surface area contributed by atoms with Gasteiger partial charge < -0.3 is 15.3 Å². The molecule has 1 aromatic rings. The number of aromatic carboxylic acids is 1. The predicted octanol–water partition coefficient (Wildman–Crippen LogP) is 1.18. The first-order valence-corrected chi connectivity index (χ1v) is 5.86. The highest BCUT2D eigenvalue weighted by Gasteiger charge is 2.20. The van der Waals surface area contributed by atoms with Crippen molar-refractivity contribution in [1.29, 1.82) is 0 Å². The molecule has 0 bridgehead atoms. The maximum atomic E-state index is 11.6. The summed E-state index contributed by atoms with van der Waals surface area (Å²) in [6.45, 7) is 2.36. The van der Waals surface area contributed by atoms with E-state index in [-0.39, 0.29) is 12.5 Å². The molecule has 108 valence electrons. The topological polar surface area (TPSA) is 113 Å². The summed E-state index contributed by atoms with van der Waals surface area (Å²) in [7, 11) is 1.64. The van der Waals surface area contributed by atoms with Crippen LogP contribution in [0.4, 0.5) is 11.4 Å². The molecule has 0 saturated heterocycles. The lowest BCUT2D eigenvalue weighted by Gasteiger charge is -2.15. The van der Waals surface area contributed by atoms with Gasteiger partial charge in [0.2, 0.25) is 5.91 Å². The number of nitrogens with zero attached hydrogens (tertiary/aromatic N) is 2. The predicted molar refractivity (Wildman–Crippen MR) is 71.9 cm³/mol. The van der Waals surface area contributed by atoms with E-state index in [1.807, 2.05) is 6.92 Å². The van der Waals surface area contributed by atoms with Gasteiger partial charge in [-0.1, -0.05) is 0 Å². The van der Waals surface area contributed by atoms with E-state index in [4.69, 9.17) is 5.11 Å². The van der Waals surface area contributed by atoms with Crippen LogP contribution in [0, 0.1) is 10.1 Å². The minimum absolute atomic E-state index is 0.0199. The number of likely N-dealkylation sites (N-methyl/N-ethyl adjacent to an activating group) is 1. The molecule has 1 aromatic carbocycles. The third-order valence-corrected chi connectivity index (χ3v) is 2.77. The summed E-state index contributed by atoms with van der Waals surface area (Å²) < 4.78 is 0. The Kier molecular flexibility index (Phi) is 5.01. The zero-order chi connectivity index (χ0) is 15.3. The summed E-state index contributed by atoms with van der Waals surface area (Å²) in [5.41, 5.74) is -0.587. The Bertz CT molecular complexity index is 544. The maximum absolute atomic E-state index is 11.6. The van der Waals surface area contributed by atoms with E-state index in [2.05, 4.69) is 5.32 Å². The molecule has 0 spiro atoms. The maximum Gasteiger partial charge on any atom is 0.342 e. The zero-order valence-electron chi connectivity index (χ0n) is 11.1. The number of anilines is 1. The zero-order valence-corrected chi connectivity index (χ0v) is 11.1. The van der Waals surface area contributed by atoms with Gasteiger partial charge in [-0.3, -0.25) is 14.9 Å². The van der Waals surface area contributed by atoms with Crippen molar-refractivity contribution in [3.05, 3.63) is 33.9 Å². The quantitative estimate of drug-likeness (QED) is 0.598. The Hall–Kier alpha value is -2.64.